The van der Waals surface area contributed by atoms with E-state index in [0.717, 1.165) is 18.4 Å². The first kappa shape index (κ1) is 19.9. The van der Waals surface area contributed by atoms with Crippen molar-refractivity contribution in [2.24, 2.45) is 28.6 Å². The zero-order valence-electron chi connectivity index (χ0n) is 16.9. The number of Topliss-reactive ketones (excluding diaryl/α,β-unsaturated/α-hetero) is 2. The highest BCUT2D eigenvalue weighted by Gasteiger charge is 2.69. The lowest BCUT2D eigenvalue weighted by molar-refractivity contribution is -0.175. The number of methoxy groups -OCH3 is 1. The van der Waals surface area contributed by atoms with E-state index in [-0.39, 0.29) is 54.7 Å². The minimum Gasteiger partial charge on any atom is -0.388 e. The van der Waals surface area contributed by atoms with Gasteiger partial charge in [0.2, 0.25) is 0 Å². The van der Waals surface area contributed by atoms with Crippen LogP contribution in [0.4, 0.5) is 0 Å². The first-order valence-electron chi connectivity index (χ1n) is 10.3. The topological polar surface area (TPSA) is 101 Å². The third kappa shape index (κ3) is 2.28. The van der Waals surface area contributed by atoms with Gasteiger partial charge in [0.25, 0.3) is 0 Å². The summed E-state index contributed by atoms with van der Waals surface area (Å²) in [6, 6.07) is 0. The lowest BCUT2D eigenvalue weighted by Gasteiger charge is -2.59. The molecule has 6 nitrogen and oxygen atoms in total. The summed E-state index contributed by atoms with van der Waals surface area (Å²) >= 11 is 0. The van der Waals surface area contributed by atoms with Gasteiger partial charge in [-0.05, 0) is 43.6 Å². The Hall–Kier alpha value is -1.37. The SMILES string of the molecule is CO[C@H]1CC(=O)C=C2CC[C@@H]3[C@H](C(=O)C[C@@]4(C)[C@H]3CC[C@]4(O)C(=O)CO)[C@]21C. The minimum atomic E-state index is -1.65. The molecule has 4 rings (SSSR count). The molecule has 0 amide bonds. The molecule has 154 valence electrons. The standard InChI is InChI=1S/C22H30O6/c1-20-10-16(25)19-14(15(20)6-7-22(20,27)17(26)11-23)5-4-12-8-13(24)9-18(28-3)21(12,19)2/h8,14-15,18-19,23,27H,4-7,9-11H2,1-3H3/t14-,15-,18-,19+,20-,21+,22-/m0/s1. The number of hydrogen-bond donors (Lipinski definition) is 2. The van der Waals surface area contributed by atoms with Crippen molar-refractivity contribution in [1.29, 1.82) is 0 Å². The predicted molar refractivity (Wildman–Crippen MR) is 100 cm³/mol. The molecule has 0 heterocycles. The molecule has 0 bridgehead atoms. The molecule has 0 aromatic heterocycles. The summed E-state index contributed by atoms with van der Waals surface area (Å²) in [5.74, 6) is -0.683. The van der Waals surface area contributed by atoms with Crippen LogP contribution in [0.2, 0.25) is 0 Å². The molecule has 0 saturated heterocycles. The van der Waals surface area contributed by atoms with Gasteiger partial charge in [-0.3, -0.25) is 14.4 Å². The third-order valence-electron chi connectivity index (χ3n) is 8.78. The molecule has 0 aliphatic heterocycles. The van der Waals surface area contributed by atoms with Gasteiger partial charge in [0.15, 0.2) is 11.6 Å². The zero-order valence-corrected chi connectivity index (χ0v) is 16.9. The van der Waals surface area contributed by atoms with Gasteiger partial charge in [-0.1, -0.05) is 19.4 Å². The summed E-state index contributed by atoms with van der Waals surface area (Å²) in [6.45, 7) is 3.19. The fourth-order valence-corrected chi connectivity index (χ4v) is 7.32. The van der Waals surface area contributed by atoms with Crippen molar-refractivity contribution in [3.63, 3.8) is 0 Å². The molecule has 3 saturated carbocycles. The van der Waals surface area contributed by atoms with E-state index in [1.807, 2.05) is 6.92 Å². The van der Waals surface area contributed by atoms with E-state index >= 15 is 0 Å². The van der Waals surface area contributed by atoms with E-state index in [9.17, 15) is 24.6 Å². The van der Waals surface area contributed by atoms with E-state index in [1.54, 1.807) is 13.2 Å². The molecule has 3 fully saturated rings. The van der Waals surface area contributed by atoms with Crippen molar-refractivity contribution in [1.82, 2.24) is 0 Å². The molecule has 0 radical (unpaired) electrons. The van der Waals surface area contributed by atoms with Gasteiger partial charge in [0, 0.05) is 36.7 Å². The Morgan fingerprint density at radius 3 is 2.64 bits per heavy atom. The summed E-state index contributed by atoms with van der Waals surface area (Å²) in [7, 11) is 1.60. The Morgan fingerprint density at radius 1 is 1.29 bits per heavy atom. The van der Waals surface area contributed by atoms with Crippen LogP contribution in [-0.4, -0.2) is 53.0 Å². The number of carbonyl (C=O) groups is 3. The van der Waals surface area contributed by atoms with Crippen molar-refractivity contribution < 1.29 is 29.3 Å². The molecular formula is C22H30O6. The maximum absolute atomic E-state index is 13.5. The number of hydrogen-bond acceptors (Lipinski definition) is 6. The highest BCUT2D eigenvalue weighted by Crippen LogP contribution is 2.66. The van der Waals surface area contributed by atoms with Crippen LogP contribution in [0.15, 0.2) is 11.6 Å². The number of fused-ring (bicyclic) bond motifs is 5. The zero-order chi connectivity index (χ0) is 20.5. The lowest BCUT2D eigenvalue weighted by Crippen LogP contribution is -2.62. The molecule has 0 unspecified atom stereocenters. The number of ether oxygens (including phenoxy) is 1. The highest BCUT2D eigenvalue weighted by atomic mass is 16.5. The predicted octanol–water partition coefficient (Wildman–Crippen LogP) is 1.61. The number of rotatable bonds is 3. The molecule has 6 heteroatoms. The molecule has 0 spiro atoms. The van der Waals surface area contributed by atoms with Crippen LogP contribution in [0, 0.1) is 28.6 Å². The summed E-state index contributed by atoms with van der Waals surface area (Å²) in [5, 5.41) is 20.6. The Bertz CT molecular complexity index is 771. The van der Waals surface area contributed by atoms with E-state index in [4.69, 9.17) is 4.74 Å². The van der Waals surface area contributed by atoms with Crippen LogP contribution in [0.3, 0.4) is 0 Å². The van der Waals surface area contributed by atoms with Gasteiger partial charge in [-0.2, -0.15) is 0 Å². The third-order valence-corrected chi connectivity index (χ3v) is 8.78. The molecule has 7 atom stereocenters. The Labute approximate surface area is 165 Å². The monoisotopic (exact) mass is 390 g/mol. The van der Waals surface area contributed by atoms with Crippen LogP contribution >= 0.6 is 0 Å². The quantitative estimate of drug-likeness (QED) is 0.759. The highest BCUT2D eigenvalue weighted by molar-refractivity contribution is 5.95. The maximum atomic E-state index is 13.5. The first-order valence-corrected chi connectivity index (χ1v) is 10.3. The summed E-state index contributed by atoms with van der Waals surface area (Å²) in [6.07, 6.45) is 4.24. The first-order chi connectivity index (χ1) is 13.1. The van der Waals surface area contributed by atoms with Crippen molar-refractivity contribution in [3.8, 4) is 0 Å². The minimum absolute atomic E-state index is 0.0317. The molecule has 0 aromatic carbocycles. The number of ketones is 3. The molecule has 28 heavy (non-hydrogen) atoms. The Kier molecular flexibility index (Phi) is 4.49. The molecule has 2 N–H and O–H groups in total. The molecule has 0 aromatic rings. The van der Waals surface area contributed by atoms with Crippen molar-refractivity contribution >= 4 is 17.3 Å². The fourth-order valence-electron chi connectivity index (χ4n) is 7.32. The van der Waals surface area contributed by atoms with E-state index in [0.29, 0.717) is 6.42 Å². The van der Waals surface area contributed by atoms with E-state index < -0.39 is 28.8 Å². The van der Waals surface area contributed by atoms with Gasteiger partial charge in [-0.15, -0.1) is 0 Å². The van der Waals surface area contributed by atoms with Gasteiger partial charge in [0.05, 0.1) is 6.10 Å². The maximum Gasteiger partial charge on any atom is 0.190 e. The molecule has 4 aliphatic carbocycles. The largest absolute Gasteiger partial charge is 0.388 e. The Balaban J connectivity index is 1.78. The van der Waals surface area contributed by atoms with Crippen LogP contribution < -0.4 is 0 Å². The van der Waals surface area contributed by atoms with Crippen LogP contribution in [-0.2, 0) is 19.1 Å². The molecule has 4 aliphatic rings. The average molecular weight is 390 g/mol. The second-order valence-corrected chi connectivity index (χ2v) is 9.67. The number of carbonyl (C=O) groups excluding carboxylic acids is 3. The van der Waals surface area contributed by atoms with E-state index in [2.05, 4.69) is 6.92 Å². The second-order valence-electron chi connectivity index (χ2n) is 9.67. The Morgan fingerprint density at radius 2 is 2.00 bits per heavy atom. The fraction of sp³-hybridized carbons (Fsp3) is 0.773. The van der Waals surface area contributed by atoms with Gasteiger partial charge < -0.3 is 14.9 Å². The van der Waals surface area contributed by atoms with Crippen LogP contribution in [0.1, 0.15) is 52.4 Å². The van der Waals surface area contributed by atoms with Gasteiger partial charge >= 0.3 is 0 Å². The van der Waals surface area contributed by atoms with Crippen molar-refractivity contribution in [2.75, 3.05) is 13.7 Å². The second kappa shape index (κ2) is 6.31. The number of aliphatic hydroxyl groups excluding tert-OH is 1. The van der Waals surface area contributed by atoms with Crippen molar-refractivity contribution in [2.45, 2.75) is 64.1 Å². The van der Waals surface area contributed by atoms with Gasteiger partial charge in [0.1, 0.15) is 18.0 Å². The summed E-state index contributed by atoms with van der Waals surface area (Å²) < 4.78 is 5.71. The van der Waals surface area contributed by atoms with E-state index in [1.165, 1.54) is 0 Å². The average Bonchev–Trinajstić information content (AvgIpc) is 2.92. The number of aliphatic hydroxyl groups is 2. The lowest BCUT2D eigenvalue weighted by atomic mass is 9.45. The van der Waals surface area contributed by atoms with Crippen molar-refractivity contribution in [3.05, 3.63) is 11.6 Å². The van der Waals surface area contributed by atoms with Crippen LogP contribution in [0.5, 0.6) is 0 Å². The summed E-state index contributed by atoms with van der Waals surface area (Å²) in [5.41, 5.74) is -2.01. The molecular weight excluding hydrogens is 360 g/mol. The van der Waals surface area contributed by atoms with Gasteiger partial charge in [-0.25, -0.2) is 0 Å². The normalized spacial score (nSPS) is 47.8. The summed E-state index contributed by atoms with van der Waals surface area (Å²) in [4.78, 5) is 38.1. The smallest absolute Gasteiger partial charge is 0.190 e. The van der Waals surface area contributed by atoms with Crippen LogP contribution in [0.25, 0.3) is 0 Å².